The Kier molecular flexibility index (Phi) is 4.85. The fourth-order valence-electron chi connectivity index (χ4n) is 3.02. The fraction of sp³-hybridized carbons (Fsp3) is 0.222. The Bertz CT molecular complexity index is 1130. The Labute approximate surface area is 171 Å². The van der Waals surface area contributed by atoms with Crippen molar-refractivity contribution in [3.63, 3.8) is 0 Å². The van der Waals surface area contributed by atoms with Crippen LogP contribution < -0.4 is 24.8 Å². The van der Waals surface area contributed by atoms with Crippen molar-refractivity contribution in [1.29, 1.82) is 0 Å². The summed E-state index contributed by atoms with van der Waals surface area (Å²) >= 11 is 6.14. The first-order chi connectivity index (χ1) is 13.7. The van der Waals surface area contributed by atoms with Crippen molar-refractivity contribution in [1.82, 2.24) is 4.72 Å². The van der Waals surface area contributed by atoms with Crippen LogP contribution in [-0.4, -0.2) is 33.4 Å². The van der Waals surface area contributed by atoms with E-state index in [0.29, 0.717) is 22.7 Å². The van der Waals surface area contributed by atoms with Crippen molar-refractivity contribution >= 4 is 44.8 Å². The van der Waals surface area contributed by atoms with E-state index in [9.17, 15) is 18.0 Å². The molecule has 9 nitrogen and oxygen atoms in total. The molecule has 0 saturated carbocycles. The van der Waals surface area contributed by atoms with Crippen molar-refractivity contribution < 1.29 is 27.5 Å². The lowest BCUT2D eigenvalue weighted by Crippen LogP contribution is -2.29. The maximum Gasteiger partial charge on any atom is 0.262 e. The van der Waals surface area contributed by atoms with Crippen LogP contribution in [-0.2, 0) is 19.6 Å². The van der Waals surface area contributed by atoms with Crippen LogP contribution in [0.15, 0.2) is 35.2 Å². The van der Waals surface area contributed by atoms with Crippen molar-refractivity contribution in [3.05, 3.63) is 40.9 Å². The molecule has 0 saturated heterocycles. The van der Waals surface area contributed by atoms with Gasteiger partial charge < -0.3 is 20.1 Å². The zero-order valence-corrected chi connectivity index (χ0v) is 16.7. The summed E-state index contributed by atoms with van der Waals surface area (Å²) in [7, 11) is -4.01. The summed E-state index contributed by atoms with van der Waals surface area (Å²) in [4.78, 5) is 22.7. The number of rotatable bonds is 4. The molecular weight excluding hydrogens is 422 g/mol. The number of anilines is 2. The molecule has 29 heavy (non-hydrogen) atoms. The van der Waals surface area contributed by atoms with Gasteiger partial charge in [-0.15, -0.1) is 0 Å². The van der Waals surface area contributed by atoms with Gasteiger partial charge in [-0.25, -0.2) is 13.1 Å². The first kappa shape index (κ1) is 19.5. The number of halogens is 1. The average molecular weight is 438 g/mol. The summed E-state index contributed by atoms with van der Waals surface area (Å²) < 4.78 is 38.9. The highest BCUT2D eigenvalue weighted by Gasteiger charge is 2.26. The van der Waals surface area contributed by atoms with Crippen LogP contribution in [0, 0.1) is 0 Å². The Hall–Kier alpha value is -2.82. The second-order valence-electron chi connectivity index (χ2n) is 6.55. The Morgan fingerprint density at radius 2 is 1.62 bits per heavy atom. The number of carbonyl (C=O) groups is 2. The molecule has 0 bridgehead atoms. The zero-order chi connectivity index (χ0) is 20.8. The molecule has 3 N–H and O–H groups in total. The van der Waals surface area contributed by atoms with Crippen LogP contribution in [0.1, 0.15) is 18.5 Å². The normalized spacial score (nSPS) is 16.5. The maximum atomic E-state index is 12.9. The lowest BCUT2D eigenvalue weighted by molar-refractivity contribution is -0.119. The predicted octanol–water partition coefficient (Wildman–Crippen LogP) is 2.04. The van der Waals surface area contributed by atoms with Gasteiger partial charge in [-0.3, -0.25) is 9.59 Å². The minimum atomic E-state index is -4.01. The molecular formula is C18H16ClN3O6S. The predicted molar refractivity (Wildman–Crippen MR) is 105 cm³/mol. The van der Waals surface area contributed by atoms with Crippen LogP contribution in [0.2, 0.25) is 5.02 Å². The number of hydrogen-bond acceptors (Lipinski definition) is 6. The van der Waals surface area contributed by atoms with Crippen LogP contribution in [0.3, 0.4) is 0 Å². The third-order valence-corrected chi connectivity index (χ3v) is 6.43. The number of fused-ring (bicyclic) bond motifs is 2. The van der Waals surface area contributed by atoms with E-state index >= 15 is 0 Å². The van der Waals surface area contributed by atoms with Crippen LogP contribution >= 0.6 is 11.6 Å². The molecule has 2 aliphatic rings. The van der Waals surface area contributed by atoms with E-state index in [4.69, 9.17) is 21.1 Å². The van der Waals surface area contributed by atoms with E-state index in [0.717, 1.165) is 0 Å². The molecule has 0 radical (unpaired) electrons. The Morgan fingerprint density at radius 1 is 1.00 bits per heavy atom. The lowest BCUT2D eigenvalue weighted by Gasteiger charge is -2.22. The number of amides is 2. The van der Waals surface area contributed by atoms with Gasteiger partial charge >= 0.3 is 0 Å². The van der Waals surface area contributed by atoms with Gasteiger partial charge in [0.15, 0.2) is 13.2 Å². The van der Waals surface area contributed by atoms with E-state index in [2.05, 4.69) is 15.4 Å². The van der Waals surface area contributed by atoms with Gasteiger partial charge in [0.05, 0.1) is 16.4 Å². The summed E-state index contributed by atoms with van der Waals surface area (Å²) in [6.07, 6.45) is 0. The largest absolute Gasteiger partial charge is 0.482 e. The van der Waals surface area contributed by atoms with Crippen molar-refractivity contribution in [2.24, 2.45) is 0 Å². The number of hydrogen-bond donors (Lipinski definition) is 3. The third kappa shape index (κ3) is 3.86. The zero-order valence-electron chi connectivity index (χ0n) is 15.1. The van der Waals surface area contributed by atoms with Gasteiger partial charge in [-0.05, 0) is 30.7 Å². The standard InChI is InChI=1S/C18H16ClN3O6S/c1-9(10-2-3-14-12(4-10)20-17(23)7-27-14)22-29(25,26)16-6-15-13(5-11(16)19)21-18(24)8-28-15/h2-6,9,22H,7-8H2,1H3,(H,20,23)(H,21,24). The van der Waals surface area contributed by atoms with Gasteiger partial charge in [-0.1, -0.05) is 17.7 Å². The number of carbonyl (C=O) groups excluding carboxylic acids is 2. The summed E-state index contributed by atoms with van der Waals surface area (Å²) in [5.74, 6) is 0.103. The quantitative estimate of drug-likeness (QED) is 0.672. The second-order valence-corrected chi connectivity index (χ2v) is 8.64. The van der Waals surface area contributed by atoms with E-state index in [1.165, 1.54) is 12.1 Å². The van der Waals surface area contributed by atoms with Gasteiger partial charge in [0.25, 0.3) is 11.8 Å². The topological polar surface area (TPSA) is 123 Å². The molecule has 2 aromatic carbocycles. The van der Waals surface area contributed by atoms with Crippen LogP contribution in [0.25, 0.3) is 0 Å². The molecule has 11 heteroatoms. The Morgan fingerprint density at radius 3 is 2.31 bits per heavy atom. The summed E-state index contributed by atoms with van der Waals surface area (Å²) in [5.41, 5.74) is 1.40. The van der Waals surface area contributed by atoms with Gasteiger partial charge in [0, 0.05) is 12.1 Å². The number of sulfonamides is 1. The summed E-state index contributed by atoms with van der Waals surface area (Å²) in [6, 6.07) is 6.99. The highest BCUT2D eigenvalue weighted by molar-refractivity contribution is 7.89. The van der Waals surface area contributed by atoms with Crippen LogP contribution in [0.4, 0.5) is 11.4 Å². The van der Waals surface area contributed by atoms with Gasteiger partial charge in [-0.2, -0.15) is 0 Å². The molecule has 1 unspecified atom stereocenters. The molecule has 152 valence electrons. The first-order valence-electron chi connectivity index (χ1n) is 8.58. The van der Waals surface area contributed by atoms with Crippen molar-refractivity contribution in [2.75, 3.05) is 23.8 Å². The first-order valence-corrected chi connectivity index (χ1v) is 10.4. The smallest absolute Gasteiger partial charge is 0.262 e. The molecule has 0 fully saturated rings. The van der Waals surface area contributed by atoms with Crippen LogP contribution in [0.5, 0.6) is 11.5 Å². The maximum absolute atomic E-state index is 12.9. The monoisotopic (exact) mass is 437 g/mol. The van der Waals surface area contributed by atoms with E-state index < -0.39 is 16.1 Å². The number of ether oxygens (including phenoxy) is 2. The van der Waals surface area contributed by atoms with Crippen molar-refractivity contribution in [2.45, 2.75) is 17.9 Å². The molecule has 0 aliphatic carbocycles. The molecule has 2 aromatic rings. The Balaban J connectivity index is 1.60. The highest BCUT2D eigenvalue weighted by atomic mass is 35.5. The SMILES string of the molecule is CC(NS(=O)(=O)c1cc2c(cc1Cl)NC(=O)CO2)c1ccc2c(c1)NC(=O)CO2. The molecule has 2 heterocycles. The fourth-order valence-corrected chi connectivity index (χ4v) is 4.80. The lowest BCUT2D eigenvalue weighted by atomic mass is 10.1. The second kappa shape index (κ2) is 7.21. The molecule has 2 amide bonds. The van der Waals surface area contributed by atoms with Gasteiger partial charge in [0.2, 0.25) is 10.0 Å². The number of benzene rings is 2. The van der Waals surface area contributed by atoms with E-state index in [1.54, 1.807) is 25.1 Å². The molecule has 0 aromatic heterocycles. The minimum absolute atomic E-state index is 0.0552. The minimum Gasteiger partial charge on any atom is -0.482 e. The average Bonchev–Trinajstić information content (AvgIpc) is 2.66. The molecule has 4 rings (SSSR count). The molecule has 0 spiro atoms. The molecule has 2 aliphatic heterocycles. The summed E-state index contributed by atoms with van der Waals surface area (Å²) in [5, 5.41) is 5.20. The van der Waals surface area contributed by atoms with E-state index in [1.807, 2.05) is 0 Å². The number of nitrogens with one attached hydrogen (secondary N) is 3. The molecule has 1 atom stereocenters. The van der Waals surface area contributed by atoms with Crippen molar-refractivity contribution in [3.8, 4) is 11.5 Å². The van der Waals surface area contributed by atoms with Gasteiger partial charge in [0.1, 0.15) is 16.4 Å². The highest BCUT2D eigenvalue weighted by Crippen LogP contribution is 2.36. The van der Waals surface area contributed by atoms with E-state index in [-0.39, 0.29) is 40.7 Å². The summed E-state index contributed by atoms with van der Waals surface area (Å²) in [6.45, 7) is 1.39. The third-order valence-electron chi connectivity index (χ3n) is 4.42.